The van der Waals surface area contributed by atoms with Crippen LogP contribution in [-0.4, -0.2) is 39.1 Å². The minimum atomic E-state index is -0.0907. The number of carbonyl (C=O) groups excluding carboxylic acids is 1. The van der Waals surface area contributed by atoms with E-state index in [1.54, 1.807) is 12.3 Å². The van der Waals surface area contributed by atoms with Crippen LogP contribution < -0.4 is 10.6 Å². The standard InChI is InChI=1S/C22H26ClN5O3S/c1-15-6-7-16(10-19(15)23)24-12-20-26-27-22(28(20)13-18-5-3-9-31-18)32-14-21(29)25-11-17-4-2-8-30-17/h2,4,6-8,10,18,24H,3,5,9,11-14H2,1H3,(H,25,29)/t18-/m1/s1. The van der Waals surface area contributed by atoms with Crippen molar-refractivity contribution in [2.75, 3.05) is 17.7 Å². The second-order valence-electron chi connectivity index (χ2n) is 7.61. The van der Waals surface area contributed by atoms with Gasteiger partial charge in [0.1, 0.15) is 5.76 Å². The van der Waals surface area contributed by atoms with Crippen LogP contribution in [0.5, 0.6) is 0 Å². The summed E-state index contributed by atoms with van der Waals surface area (Å²) in [6.45, 7) is 4.27. The van der Waals surface area contributed by atoms with Crippen molar-refractivity contribution in [2.45, 2.75) is 50.7 Å². The Balaban J connectivity index is 1.39. The zero-order chi connectivity index (χ0) is 22.3. The molecule has 1 fully saturated rings. The summed E-state index contributed by atoms with van der Waals surface area (Å²) in [4.78, 5) is 12.3. The molecule has 10 heteroatoms. The van der Waals surface area contributed by atoms with E-state index < -0.39 is 0 Å². The third kappa shape index (κ3) is 6.05. The Morgan fingerprint density at radius 3 is 2.97 bits per heavy atom. The van der Waals surface area contributed by atoms with Crippen LogP contribution in [0.2, 0.25) is 5.02 Å². The first-order valence-electron chi connectivity index (χ1n) is 10.5. The number of hydrogen-bond donors (Lipinski definition) is 2. The number of nitrogens with zero attached hydrogens (tertiary/aromatic N) is 3. The lowest BCUT2D eigenvalue weighted by atomic mass is 10.2. The van der Waals surface area contributed by atoms with Gasteiger partial charge in [-0.3, -0.25) is 4.79 Å². The number of ether oxygens (including phenoxy) is 1. The number of nitrogens with one attached hydrogen (secondary N) is 2. The molecule has 1 amide bonds. The van der Waals surface area contributed by atoms with E-state index in [1.807, 2.05) is 35.8 Å². The number of furan rings is 1. The van der Waals surface area contributed by atoms with Gasteiger partial charge in [-0.2, -0.15) is 0 Å². The number of hydrogen-bond acceptors (Lipinski definition) is 7. The van der Waals surface area contributed by atoms with Crippen molar-refractivity contribution in [3.63, 3.8) is 0 Å². The van der Waals surface area contributed by atoms with Crippen LogP contribution in [0, 0.1) is 6.92 Å². The summed E-state index contributed by atoms with van der Waals surface area (Å²) in [5.41, 5.74) is 1.95. The highest BCUT2D eigenvalue weighted by atomic mass is 35.5. The molecule has 4 rings (SSSR count). The summed E-state index contributed by atoms with van der Waals surface area (Å²) in [7, 11) is 0. The van der Waals surface area contributed by atoms with E-state index in [1.165, 1.54) is 11.8 Å². The smallest absolute Gasteiger partial charge is 0.230 e. The van der Waals surface area contributed by atoms with E-state index in [4.69, 9.17) is 20.8 Å². The molecule has 32 heavy (non-hydrogen) atoms. The summed E-state index contributed by atoms with van der Waals surface area (Å²) in [5.74, 6) is 1.66. The lowest BCUT2D eigenvalue weighted by Gasteiger charge is -2.15. The molecule has 1 saturated heterocycles. The molecule has 0 aliphatic carbocycles. The maximum Gasteiger partial charge on any atom is 0.230 e. The summed E-state index contributed by atoms with van der Waals surface area (Å²) in [6, 6.07) is 9.48. The second kappa shape index (κ2) is 10.9. The molecular weight excluding hydrogens is 450 g/mol. The van der Waals surface area contributed by atoms with Gasteiger partial charge >= 0.3 is 0 Å². The van der Waals surface area contributed by atoms with Gasteiger partial charge in [0.05, 0.1) is 37.8 Å². The third-order valence-corrected chi connectivity index (χ3v) is 6.57. The topological polar surface area (TPSA) is 94.2 Å². The predicted octanol–water partition coefficient (Wildman–Crippen LogP) is 4.03. The van der Waals surface area contributed by atoms with Crippen LogP contribution in [0.4, 0.5) is 5.69 Å². The number of rotatable bonds is 10. The Bertz CT molecular complexity index is 1030. The molecule has 0 radical (unpaired) electrons. The van der Waals surface area contributed by atoms with Crippen molar-refractivity contribution in [3.8, 4) is 0 Å². The van der Waals surface area contributed by atoms with Gasteiger partial charge in [-0.1, -0.05) is 29.4 Å². The van der Waals surface area contributed by atoms with Crippen molar-refractivity contribution in [3.05, 3.63) is 58.8 Å². The van der Waals surface area contributed by atoms with Crippen molar-refractivity contribution in [1.82, 2.24) is 20.1 Å². The average Bonchev–Trinajstić information content (AvgIpc) is 3.55. The summed E-state index contributed by atoms with van der Waals surface area (Å²) >= 11 is 7.60. The number of amides is 1. The lowest BCUT2D eigenvalue weighted by Crippen LogP contribution is -2.25. The number of anilines is 1. The molecule has 0 bridgehead atoms. The summed E-state index contributed by atoms with van der Waals surface area (Å²) in [6.07, 6.45) is 3.78. The highest BCUT2D eigenvalue weighted by Gasteiger charge is 2.21. The highest BCUT2D eigenvalue weighted by molar-refractivity contribution is 7.99. The predicted molar refractivity (Wildman–Crippen MR) is 124 cm³/mol. The SMILES string of the molecule is Cc1ccc(NCc2nnc(SCC(=O)NCc3ccco3)n2C[C@H]2CCCO2)cc1Cl. The first-order valence-corrected chi connectivity index (χ1v) is 11.9. The first kappa shape index (κ1) is 22.7. The molecule has 0 spiro atoms. The van der Waals surface area contributed by atoms with Gasteiger partial charge in [0, 0.05) is 17.3 Å². The molecule has 2 N–H and O–H groups in total. The van der Waals surface area contributed by atoms with E-state index >= 15 is 0 Å². The molecule has 2 aromatic heterocycles. The van der Waals surface area contributed by atoms with Crippen LogP contribution in [0.25, 0.3) is 0 Å². The number of benzene rings is 1. The monoisotopic (exact) mass is 475 g/mol. The minimum absolute atomic E-state index is 0.0907. The molecule has 1 aromatic carbocycles. The third-order valence-electron chi connectivity index (χ3n) is 5.20. The molecule has 3 aromatic rings. The van der Waals surface area contributed by atoms with E-state index in [0.29, 0.717) is 29.8 Å². The van der Waals surface area contributed by atoms with Crippen LogP contribution in [0.1, 0.15) is 30.0 Å². The minimum Gasteiger partial charge on any atom is -0.467 e. The van der Waals surface area contributed by atoms with Crippen LogP contribution in [-0.2, 0) is 29.2 Å². The Kier molecular flexibility index (Phi) is 7.72. The molecule has 0 saturated carbocycles. The number of aryl methyl sites for hydroxylation is 1. The zero-order valence-corrected chi connectivity index (χ0v) is 19.4. The van der Waals surface area contributed by atoms with E-state index in [2.05, 4.69) is 20.8 Å². The van der Waals surface area contributed by atoms with Gasteiger partial charge in [-0.05, 0) is 49.6 Å². The maximum absolute atomic E-state index is 12.3. The van der Waals surface area contributed by atoms with Crippen molar-refractivity contribution in [1.29, 1.82) is 0 Å². The normalized spacial score (nSPS) is 15.8. The molecular formula is C22H26ClN5O3S. The van der Waals surface area contributed by atoms with E-state index in [0.717, 1.165) is 42.3 Å². The van der Waals surface area contributed by atoms with Gasteiger partial charge in [0.25, 0.3) is 0 Å². The van der Waals surface area contributed by atoms with Crippen LogP contribution in [0.15, 0.2) is 46.2 Å². The van der Waals surface area contributed by atoms with Gasteiger partial charge in [-0.15, -0.1) is 10.2 Å². The Labute approximate surface area is 196 Å². The fourth-order valence-corrected chi connectivity index (χ4v) is 4.37. The molecule has 3 heterocycles. The lowest BCUT2D eigenvalue weighted by molar-refractivity contribution is -0.118. The Hall–Kier alpha value is -2.49. The number of carbonyl (C=O) groups is 1. The van der Waals surface area contributed by atoms with E-state index in [-0.39, 0.29) is 17.8 Å². The number of aromatic nitrogens is 3. The van der Waals surface area contributed by atoms with Crippen molar-refractivity contribution >= 4 is 35.0 Å². The molecule has 1 atom stereocenters. The zero-order valence-electron chi connectivity index (χ0n) is 17.8. The van der Waals surface area contributed by atoms with Crippen molar-refractivity contribution in [2.24, 2.45) is 0 Å². The van der Waals surface area contributed by atoms with Gasteiger partial charge in [-0.25, -0.2) is 0 Å². The van der Waals surface area contributed by atoms with Gasteiger partial charge in [0.15, 0.2) is 11.0 Å². The largest absolute Gasteiger partial charge is 0.467 e. The molecule has 8 nitrogen and oxygen atoms in total. The molecule has 1 aliphatic rings. The first-order chi connectivity index (χ1) is 15.6. The van der Waals surface area contributed by atoms with Gasteiger partial charge in [0.2, 0.25) is 5.91 Å². The number of halogens is 1. The quantitative estimate of drug-likeness (QED) is 0.427. The maximum atomic E-state index is 12.3. The van der Waals surface area contributed by atoms with Crippen LogP contribution in [0.3, 0.4) is 0 Å². The molecule has 0 unspecified atom stereocenters. The summed E-state index contributed by atoms with van der Waals surface area (Å²) < 4.78 is 13.1. The fraction of sp³-hybridized carbons (Fsp3) is 0.409. The highest BCUT2D eigenvalue weighted by Crippen LogP contribution is 2.23. The second-order valence-corrected chi connectivity index (χ2v) is 8.96. The number of thioether (sulfide) groups is 1. The molecule has 1 aliphatic heterocycles. The Morgan fingerprint density at radius 1 is 1.31 bits per heavy atom. The fourth-order valence-electron chi connectivity index (χ4n) is 3.40. The van der Waals surface area contributed by atoms with Crippen molar-refractivity contribution < 1.29 is 13.9 Å². The summed E-state index contributed by atoms with van der Waals surface area (Å²) in [5, 5.41) is 16.3. The van der Waals surface area contributed by atoms with E-state index in [9.17, 15) is 4.79 Å². The van der Waals surface area contributed by atoms with Crippen LogP contribution >= 0.6 is 23.4 Å². The van der Waals surface area contributed by atoms with Gasteiger partial charge < -0.3 is 24.4 Å². The molecule has 170 valence electrons. The Morgan fingerprint density at radius 2 is 2.22 bits per heavy atom. The average molecular weight is 476 g/mol.